The molecule has 4 nitrogen and oxygen atoms in total. The Bertz CT molecular complexity index is 214. The van der Waals surface area contributed by atoms with E-state index in [-0.39, 0.29) is 18.4 Å². The minimum Gasteiger partial charge on any atom is -0.481 e. The van der Waals surface area contributed by atoms with Crippen molar-refractivity contribution in [2.75, 3.05) is 0 Å². The van der Waals surface area contributed by atoms with Crippen molar-refractivity contribution in [2.45, 2.75) is 52.5 Å². The quantitative estimate of drug-likeness (QED) is 0.636. The van der Waals surface area contributed by atoms with Crippen LogP contribution in [0.2, 0.25) is 0 Å². The molecule has 0 spiro atoms. The maximum atomic E-state index is 11.3. The predicted octanol–water partition coefficient (Wildman–Crippen LogP) is 1.79. The van der Waals surface area contributed by atoms with Crippen LogP contribution in [0.5, 0.6) is 0 Å². The molecule has 0 aromatic carbocycles. The van der Waals surface area contributed by atoms with Crippen LogP contribution in [0.25, 0.3) is 0 Å². The van der Waals surface area contributed by atoms with Gasteiger partial charge in [0.1, 0.15) is 0 Å². The van der Waals surface area contributed by atoms with Crippen molar-refractivity contribution in [1.29, 1.82) is 0 Å². The van der Waals surface area contributed by atoms with E-state index in [1.165, 1.54) is 0 Å². The molecule has 0 saturated carbocycles. The lowest BCUT2D eigenvalue weighted by Crippen LogP contribution is -2.35. The topological polar surface area (TPSA) is 66.4 Å². The summed E-state index contributed by atoms with van der Waals surface area (Å²) in [5.74, 6) is -0.361. The lowest BCUT2D eigenvalue weighted by molar-refractivity contribution is -0.137. The number of unbranched alkanes of at least 4 members (excludes halogenated alkanes) is 1. The maximum absolute atomic E-state index is 11.3. The first-order valence-electron chi connectivity index (χ1n) is 5.44. The molecule has 88 valence electrons. The highest BCUT2D eigenvalue weighted by molar-refractivity contribution is 5.76. The van der Waals surface area contributed by atoms with Crippen LogP contribution in [0.4, 0.5) is 0 Å². The smallest absolute Gasteiger partial charge is 0.303 e. The molecule has 1 amide bonds. The molecule has 0 fully saturated rings. The van der Waals surface area contributed by atoms with Crippen molar-refractivity contribution in [3.8, 4) is 0 Å². The summed E-state index contributed by atoms with van der Waals surface area (Å²) in [4.78, 5) is 21.6. The van der Waals surface area contributed by atoms with Crippen molar-refractivity contribution < 1.29 is 14.7 Å². The Hall–Kier alpha value is -1.06. The summed E-state index contributed by atoms with van der Waals surface area (Å²) in [6, 6.07) is 0.178. The number of carboxylic acid groups (broad SMARTS) is 1. The first kappa shape index (κ1) is 13.9. The van der Waals surface area contributed by atoms with Crippen LogP contribution in [0.1, 0.15) is 46.5 Å². The molecule has 0 aromatic heterocycles. The minimum absolute atomic E-state index is 0.0154. The van der Waals surface area contributed by atoms with E-state index in [2.05, 4.69) is 19.2 Å². The summed E-state index contributed by atoms with van der Waals surface area (Å²) in [5.41, 5.74) is 0. The van der Waals surface area contributed by atoms with Gasteiger partial charge >= 0.3 is 5.97 Å². The first-order chi connectivity index (χ1) is 6.93. The number of carbonyl (C=O) groups excluding carboxylic acids is 1. The summed E-state index contributed by atoms with van der Waals surface area (Å²) in [6.45, 7) is 6.07. The Morgan fingerprint density at radius 2 is 1.67 bits per heavy atom. The first-order valence-corrected chi connectivity index (χ1v) is 5.44. The highest BCUT2D eigenvalue weighted by Gasteiger charge is 2.10. The van der Waals surface area contributed by atoms with Crippen LogP contribution in [0, 0.1) is 5.92 Å². The third-order valence-corrected chi connectivity index (χ3v) is 2.43. The number of aliphatic carboxylic acids is 1. The van der Waals surface area contributed by atoms with E-state index in [9.17, 15) is 9.59 Å². The van der Waals surface area contributed by atoms with Crippen LogP contribution in [0.15, 0.2) is 0 Å². The number of hydrogen-bond acceptors (Lipinski definition) is 2. The van der Waals surface area contributed by atoms with Gasteiger partial charge in [0.25, 0.3) is 0 Å². The molecule has 0 heterocycles. The summed E-state index contributed by atoms with van der Waals surface area (Å²) in [7, 11) is 0. The third kappa shape index (κ3) is 7.97. The standard InChI is InChI=1S/C11H21NO3/c1-8(2)9(3)12-10(13)6-4-5-7-11(14)15/h8-9H,4-7H2,1-3H3,(H,12,13)(H,14,15). The Morgan fingerprint density at radius 3 is 2.13 bits per heavy atom. The molecule has 2 N–H and O–H groups in total. The number of nitrogens with one attached hydrogen (secondary N) is 1. The molecular weight excluding hydrogens is 194 g/mol. The minimum atomic E-state index is -0.800. The van der Waals surface area contributed by atoms with Gasteiger partial charge in [0.05, 0.1) is 0 Å². The Kier molecular flexibility index (Phi) is 6.75. The zero-order chi connectivity index (χ0) is 11.8. The Labute approximate surface area is 91.1 Å². The van der Waals surface area contributed by atoms with Crippen LogP contribution in [-0.4, -0.2) is 23.0 Å². The SMILES string of the molecule is CC(C)C(C)NC(=O)CCCCC(=O)O. The van der Waals surface area contributed by atoms with E-state index in [4.69, 9.17) is 5.11 Å². The molecule has 1 unspecified atom stereocenters. The lowest BCUT2D eigenvalue weighted by atomic mass is 10.1. The van der Waals surface area contributed by atoms with E-state index in [1.807, 2.05) is 6.92 Å². The molecule has 4 heteroatoms. The summed E-state index contributed by atoms with van der Waals surface area (Å²) >= 11 is 0. The van der Waals surface area contributed by atoms with Gasteiger partial charge in [-0.15, -0.1) is 0 Å². The zero-order valence-corrected chi connectivity index (χ0v) is 9.75. The summed E-state index contributed by atoms with van der Waals surface area (Å²) in [5, 5.41) is 11.3. The van der Waals surface area contributed by atoms with E-state index in [1.54, 1.807) is 0 Å². The van der Waals surface area contributed by atoms with Crippen molar-refractivity contribution >= 4 is 11.9 Å². The monoisotopic (exact) mass is 215 g/mol. The molecule has 0 rings (SSSR count). The second kappa shape index (κ2) is 7.26. The molecule has 0 saturated heterocycles. The van der Waals surface area contributed by atoms with Gasteiger partial charge in [0, 0.05) is 18.9 Å². The number of carbonyl (C=O) groups is 2. The average molecular weight is 215 g/mol. The van der Waals surface area contributed by atoms with Crippen LogP contribution in [-0.2, 0) is 9.59 Å². The highest BCUT2D eigenvalue weighted by atomic mass is 16.4. The van der Waals surface area contributed by atoms with Gasteiger partial charge < -0.3 is 10.4 Å². The molecule has 0 aromatic rings. The van der Waals surface area contributed by atoms with Crippen molar-refractivity contribution in [2.24, 2.45) is 5.92 Å². The van der Waals surface area contributed by atoms with Crippen molar-refractivity contribution in [3.05, 3.63) is 0 Å². The molecule has 0 radical (unpaired) electrons. The van der Waals surface area contributed by atoms with E-state index in [0.29, 0.717) is 25.2 Å². The number of amides is 1. The highest BCUT2D eigenvalue weighted by Crippen LogP contribution is 2.03. The van der Waals surface area contributed by atoms with Crippen LogP contribution in [0.3, 0.4) is 0 Å². The lowest BCUT2D eigenvalue weighted by Gasteiger charge is -2.17. The molecular formula is C11H21NO3. The number of carboxylic acids is 1. The molecule has 0 bridgehead atoms. The Balaban J connectivity index is 3.53. The van der Waals surface area contributed by atoms with Crippen LogP contribution < -0.4 is 5.32 Å². The third-order valence-electron chi connectivity index (χ3n) is 2.43. The second-order valence-corrected chi connectivity index (χ2v) is 4.20. The van der Waals surface area contributed by atoms with Crippen LogP contribution >= 0.6 is 0 Å². The van der Waals surface area contributed by atoms with Crippen molar-refractivity contribution in [1.82, 2.24) is 5.32 Å². The fraction of sp³-hybridized carbons (Fsp3) is 0.818. The zero-order valence-electron chi connectivity index (χ0n) is 9.75. The Morgan fingerprint density at radius 1 is 1.13 bits per heavy atom. The maximum Gasteiger partial charge on any atom is 0.303 e. The number of rotatable bonds is 7. The largest absolute Gasteiger partial charge is 0.481 e. The van der Waals surface area contributed by atoms with Gasteiger partial charge in [-0.25, -0.2) is 0 Å². The van der Waals surface area contributed by atoms with Gasteiger partial charge in [-0.05, 0) is 25.7 Å². The normalized spacial score (nSPS) is 12.5. The molecule has 0 aliphatic rings. The van der Waals surface area contributed by atoms with Gasteiger partial charge in [0.2, 0.25) is 5.91 Å². The fourth-order valence-corrected chi connectivity index (χ4v) is 1.05. The predicted molar refractivity (Wildman–Crippen MR) is 58.5 cm³/mol. The molecule has 1 atom stereocenters. The fourth-order valence-electron chi connectivity index (χ4n) is 1.05. The van der Waals surface area contributed by atoms with E-state index < -0.39 is 5.97 Å². The number of hydrogen-bond donors (Lipinski definition) is 2. The molecule has 15 heavy (non-hydrogen) atoms. The molecule has 0 aliphatic heterocycles. The van der Waals surface area contributed by atoms with Crippen molar-refractivity contribution in [3.63, 3.8) is 0 Å². The summed E-state index contributed by atoms with van der Waals surface area (Å²) < 4.78 is 0. The van der Waals surface area contributed by atoms with Gasteiger partial charge in [-0.2, -0.15) is 0 Å². The van der Waals surface area contributed by atoms with Gasteiger partial charge in [0.15, 0.2) is 0 Å². The van der Waals surface area contributed by atoms with E-state index in [0.717, 1.165) is 0 Å². The van der Waals surface area contributed by atoms with Gasteiger partial charge in [-0.3, -0.25) is 9.59 Å². The van der Waals surface area contributed by atoms with E-state index >= 15 is 0 Å². The molecule has 0 aliphatic carbocycles. The summed E-state index contributed by atoms with van der Waals surface area (Å²) in [6.07, 6.45) is 1.78. The average Bonchev–Trinajstić information content (AvgIpc) is 2.12. The second-order valence-electron chi connectivity index (χ2n) is 4.20. The van der Waals surface area contributed by atoms with Gasteiger partial charge in [-0.1, -0.05) is 13.8 Å².